The summed E-state index contributed by atoms with van der Waals surface area (Å²) in [5.41, 5.74) is 3.45. The molecule has 0 atom stereocenters. The van der Waals surface area contributed by atoms with E-state index in [2.05, 4.69) is 20.5 Å². The van der Waals surface area contributed by atoms with Crippen molar-refractivity contribution in [2.24, 2.45) is 0 Å². The van der Waals surface area contributed by atoms with E-state index >= 15 is 0 Å². The number of H-pyrrole nitrogens is 1. The smallest absolute Gasteiger partial charge is 0.0696 e. The minimum atomic E-state index is 0.722. The largest absolute Gasteiger partial charge is 0.310 e. The number of pyridine rings is 1. The predicted octanol–water partition coefficient (Wildman–Crippen LogP) is 1.72. The maximum Gasteiger partial charge on any atom is 0.0696 e. The molecule has 2 heterocycles. The maximum atomic E-state index is 4.11. The summed E-state index contributed by atoms with van der Waals surface area (Å²) in [6.45, 7) is 0.888. The van der Waals surface area contributed by atoms with E-state index in [0.29, 0.717) is 0 Å². The van der Waals surface area contributed by atoms with E-state index in [1.807, 2.05) is 18.3 Å². The van der Waals surface area contributed by atoms with Gasteiger partial charge in [-0.3, -0.25) is 10.1 Å². The van der Waals surface area contributed by atoms with Crippen LogP contribution in [0, 0.1) is 0 Å². The molecule has 1 saturated carbocycles. The fourth-order valence-corrected chi connectivity index (χ4v) is 1.76. The molecule has 0 spiro atoms. The molecule has 1 aliphatic rings. The predicted molar refractivity (Wildman–Crippen MR) is 61.7 cm³/mol. The number of nitrogens with zero attached hydrogens (tertiary/aromatic N) is 2. The standard InChI is InChI=1S/C12H14N4/c1-2-11(1)14-7-10-8-15-16-12(10)9-3-5-13-6-4-9/h3-6,8,11,14H,1-2,7H2,(H,15,16). The van der Waals surface area contributed by atoms with E-state index in [1.165, 1.54) is 18.4 Å². The molecule has 1 aliphatic carbocycles. The number of hydrogen-bond donors (Lipinski definition) is 2. The average Bonchev–Trinajstić information content (AvgIpc) is 3.05. The van der Waals surface area contributed by atoms with Crippen molar-refractivity contribution in [3.8, 4) is 11.3 Å². The summed E-state index contributed by atoms with van der Waals surface area (Å²) in [6, 6.07) is 4.71. The summed E-state index contributed by atoms with van der Waals surface area (Å²) in [7, 11) is 0. The van der Waals surface area contributed by atoms with Crippen molar-refractivity contribution in [3.05, 3.63) is 36.3 Å². The summed E-state index contributed by atoms with van der Waals surface area (Å²) in [6.07, 6.45) is 8.11. The van der Waals surface area contributed by atoms with Crippen LogP contribution in [0.2, 0.25) is 0 Å². The van der Waals surface area contributed by atoms with E-state index in [-0.39, 0.29) is 0 Å². The van der Waals surface area contributed by atoms with E-state index in [9.17, 15) is 0 Å². The van der Waals surface area contributed by atoms with Gasteiger partial charge < -0.3 is 5.32 Å². The van der Waals surface area contributed by atoms with Crippen LogP contribution in [0.15, 0.2) is 30.7 Å². The monoisotopic (exact) mass is 214 g/mol. The van der Waals surface area contributed by atoms with Gasteiger partial charge in [0.15, 0.2) is 0 Å². The molecule has 3 rings (SSSR count). The highest BCUT2D eigenvalue weighted by Crippen LogP contribution is 2.23. The van der Waals surface area contributed by atoms with Crippen LogP contribution in [0.4, 0.5) is 0 Å². The van der Waals surface area contributed by atoms with Gasteiger partial charge in [0.05, 0.1) is 11.9 Å². The van der Waals surface area contributed by atoms with Crippen LogP contribution in [-0.2, 0) is 6.54 Å². The summed E-state index contributed by atoms with van der Waals surface area (Å²) < 4.78 is 0. The first-order valence-electron chi connectivity index (χ1n) is 5.59. The lowest BCUT2D eigenvalue weighted by molar-refractivity contribution is 0.689. The van der Waals surface area contributed by atoms with Crippen molar-refractivity contribution in [3.63, 3.8) is 0 Å². The Balaban J connectivity index is 1.81. The van der Waals surface area contributed by atoms with E-state index < -0.39 is 0 Å². The van der Waals surface area contributed by atoms with Crippen LogP contribution in [0.1, 0.15) is 18.4 Å². The maximum absolute atomic E-state index is 4.11. The Morgan fingerprint density at radius 1 is 1.31 bits per heavy atom. The van der Waals surface area contributed by atoms with Gasteiger partial charge in [-0.1, -0.05) is 0 Å². The van der Waals surface area contributed by atoms with E-state index in [4.69, 9.17) is 0 Å². The molecule has 4 heteroatoms. The second-order valence-corrected chi connectivity index (χ2v) is 4.16. The molecular formula is C12H14N4. The zero-order chi connectivity index (χ0) is 10.8. The van der Waals surface area contributed by atoms with Crippen molar-refractivity contribution < 1.29 is 0 Å². The van der Waals surface area contributed by atoms with Crippen molar-refractivity contribution in [1.82, 2.24) is 20.5 Å². The Bertz CT molecular complexity index is 459. The number of aromatic nitrogens is 3. The molecule has 0 aromatic carbocycles. The molecular weight excluding hydrogens is 200 g/mol. The average molecular weight is 214 g/mol. The lowest BCUT2D eigenvalue weighted by Crippen LogP contribution is -2.15. The highest BCUT2D eigenvalue weighted by atomic mass is 15.1. The fraction of sp³-hybridized carbons (Fsp3) is 0.333. The Labute approximate surface area is 94.1 Å². The Kier molecular flexibility index (Phi) is 2.42. The SMILES string of the molecule is c1cc(-c2[nH]ncc2CNC2CC2)ccn1. The van der Waals surface area contributed by atoms with Crippen LogP contribution in [-0.4, -0.2) is 21.2 Å². The highest BCUT2D eigenvalue weighted by Gasteiger charge is 2.20. The first-order chi connectivity index (χ1) is 7.93. The lowest BCUT2D eigenvalue weighted by Gasteiger charge is -2.03. The molecule has 0 amide bonds. The minimum Gasteiger partial charge on any atom is -0.310 e. The van der Waals surface area contributed by atoms with Crippen LogP contribution in [0.5, 0.6) is 0 Å². The molecule has 16 heavy (non-hydrogen) atoms. The first kappa shape index (κ1) is 9.54. The molecule has 2 aromatic rings. The van der Waals surface area contributed by atoms with Gasteiger partial charge in [-0.25, -0.2) is 0 Å². The van der Waals surface area contributed by atoms with Gasteiger partial charge in [-0.05, 0) is 25.0 Å². The van der Waals surface area contributed by atoms with Crippen molar-refractivity contribution in [2.45, 2.75) is 25.4 Å². The van der Waals surface area contributed by atoms with Crippen molar-refractivity contribution in [2.75, 3.05) is 0 Å². The van der Waals surface area contributed by atoms with Gasteiger partial charge in [0, 0.05) is 36.1 Å². The van der Waals surface area contributed by atoms with Crippen molar-refractivity contribution >= 4 is 0 Å². The van der Waals surface area contributed by atoms with Crippen LogP contribution in [0.3, 0.4) is 0 Å². The molecule has 0 aliphatic heterocycles. The molecule has 2 N–H and O–H groups in total. The van der Waals surface area contributed by atoms with Gasteiger partial charge in [0.25, 0.3) is 0 Å². The van der Waals surface area contributed by atoms with Gasteiger partial charge in [0.1, 0.15) is 0 Å². The highest BCUT2D eigenvalue weighted by molar-refractivity contribution is 5.61. The first-order valence-corrected chi connectivity index (χ1v) is 5.59. The summed E-state index contributed by atoms with van der Waals surface area (Å²) in [5.74, 6) is 0. The normalized spacial score (nSPS) is 15.2. The topological polar surface area (TPSA) is 53.6 Å². The summed E-state index contributed by atoms with van der Waals surface area (Å²) >= 11 is 0. The minimum absolute atomic E-state index is 0.722. The quantitative estimate of drug-likeness (QED) is 0.814. The molecule has 82 valence electrons. The van der Waals surface area contributed by atoms with Crippen LogP contribution >= 0.6 is 0 Å². The third-order valence-corrected chi connectivity index (χ3v) is 2.85. The number of hydrogen-bond acceptors (Lipinski definition) is 3. The fourth-order valence-electron chi connectivity index (χ4n) is 1.76. The van der Waals surface area contributed by atoms with Gasteiger partial charge in [-0.15, -0.1) is 0 Å². The third kappa shape index (κ3) is 1.97. The number of nitrogens with one attached hydrogen (secondary N) is 2. The van der Waals surface area contributed by atoms with Gasteiger partial charge in [0.2, 0.25) is 0 Å². The van der Waals surface area contributed by atoms with E-state index in [1.54, 1.807) is 12.4 Å². The lowest BCUT2D eigenvalue weighted by atomic mass is 10.1. The number of aromatic amines is 1. The van der Waals surface area contributed by atoms with Gasteiger partial charge >= 0.3 is 0 Å². The molecule has 2 aromatic heterocycles. The molecule has 0 bridgehead atoms. The summed E-state index contributed by atoms with van der Waals surface area (Å²) in [5, 5.41) is 10.7. The van der Waals surface area contributed by atoms with Crippen LogP contribution < -0.4 is 5.32 Å². The Morgan fingerprint density at radius 3 is 2.88 bits per heavy atom. The zero-order valence-corrected chi connectivity index (χ0v) is 8.98. The Hall–Kier alpha value is -1.68. The van der Waals surface area contributed by atoms with Gasteiger partial charge in [-0.2, -0.15) is 5.10 Å². The Morgan fingerprint density at radius 2 is 2.12 bits per heavy atom. The molecule has 0 unspecified atom stereocenters. The molecule has 1 fully saturated rings. The zero-order valence-electron chi connectivity index (χ0n) is 8.98. The molecule has 0 radical (unpaired) electrons. The number of rotatable bonds is 4. The van der Waals surface area contributed by atoms with Crippen molar-refractivity contribution in [1.29, 1.82) is 0 Å². The molecule has 0 saturated heterocycles. The van der Waals surface area contributed by atoms with Crippen LogP contribution in [0.25, 0.3) is 11.3 Å². The van der Waals surface area contributed by atoms with E-state index in [0.717, 1.165) is 23.8 Å². The second-order valence-electron chi connectivity index (χ2n) is 4.16. The second kappa shape index (κ2) is 4.06. The summed E-state index contributed by atoms with van der Waals surface area (Å²) in [4.78, 5) is 4.02. The molecule has 4 nitrogen and oxygen atoms in total. The third-order valence-electron chi connectivity index (χ3n) is 2.85.